The summed E-state index contributed by atoms with van der Waals surface area (Å²) in [6, 6.07) is 17.5. The number of methoxy groups -OCH3 is 1. The SMILES string of the molecule is CCOc1ccccc1NC(=O)N(CCOC)Cc1cccc(OS(=O)(=O)c2ccc(F)cc2)c1. The third-order valence-electron chi connectivity index (χ3n) is 4.86. The molecule has 186 valence electrons. The zero-order valence-corrected chi connectivity index (χ0v) is 20.3. The minimum Gasteiger partial charge on any atom is -0.492 e. The first-order chi connectivity index (χ1) is 16.8. The van der Waals surface area contributed by atoms with E-state index in [9.17, 15) is 17.6 Å². The van der Waals surface area contributed by atoms with Crippen LogP contribution in [-0.4, -0.2) is 46.2 Å². The third kappa shape index (κ3) is 7.43. The van der Waals surface area contributed by atoms with Gasteiger partial charge in [-0.3, -0.25) is 0 Å². The Morgan fingerprint density at radius 3 is 2.49 bits per heavy atom. The fourth-order valence-electron chi connectivity index (χ4n) is 3.19. The highest BCUT2D eigenvalue weighted by Gasteiger charge is 2.19. The molecule has 3 aromatic carbocycles. The lowest BCUT2D eigenvalue weighted by atomic mass is 10.2. The monoisotopic (exact) mass is 502 g/mol. The number of rotatable bonds is 11. The van der Waals surface area contributed by atoms with E-state index in [1.165, 1.54) is 24.1 Å². The smallest absolute Gasteiger partial charge is 0.339 e. The number of benzene rings is 3. The van der Waals surface area contributed by atoms with E-state index in [0.717, 1.165) is 24.3 Å². The van der Waals surface area contributed by atoms with E-state index in [1.54, 1.807) is 30.3 Å². The van der Waals surface area contributed by atoms with Crippen LogP contribution >= 0.6 is 0 Å². The van der Waals surface area contributed by atoms with Crippen molar-refractivity contribution in [1.29, 1.82) is 0 Å². The molecule has 0 aliphatic rings. The van der Waals surface area contributed by atoms with Crippen molar-refractivity contribution < 1.29 is 31.3 Å². The summed E-state index contributed by atoms with van der Waals surface area (Å²) in [4.78, 5) is 14.4. The number of para-hydroxylation sites is 2. The lowest BCUT2D eigenvalue weighted by Crippen LogP contribution is -2.37. The minimum absolute atomic E-state index is 0.0700. The number of ether oxygens (including phenoxy) is 2. The van der Waals surface area contributed by atoms with E-state index < -0.39 is 15.9 Å². The topological polar surface area (TPSA) is 94.2 Å². The van der Waals surface area contributed by atoms with Gasteiger partial charge in [-0.25, -0.2) is 9.18 Å². The van der Waals surface area contributed by atoms with Gasteiger partial charge in [-0.2, -0.15) is 8.42 Å². The predicted molar refractivity (Wildman–Crippen MR) is 130 cm³/mol. The number of halogens is 1. The molecule has 10 heteroatoms. The van der Waals surface area contributed by atoms with Gasteiger partial charge < -0.3 is 23.9 Å². The number of anilines is 1. The molecule has 8 nitrogen and oxygen atoms in total. The van der Waals surface area contributed by atoms with Crippen LogP contribution in [0.5, 0.6) is 11.5 Å². The minimum atomic E-state index is -4.15. The van der Waals surface area contributed by atoms with Crippen molar-refractivity contribution in [2.45, 2.75) is 18.4 Å². The first-order valence-corrected chi connectivity index (χ1v) is 12.3. The standard InChI is InChI=1S/C25H27FN2O6S/c1-3-33-24-10-5-4-9-23(24)27-25(29)28(15-16-32-2)18-19-7-6-8-21(17-19)34-35(30,31)22-13-11-20(26)12-14-22/h4-14,17H,3,15-16,18H2,1-2H3,(H,27,29). The van der Waals surface area contributed by atoms with Crippen LogP contribution in [0.1, 0.15) is 12.5 Å². The summed E-state index contributed by atoms with van der Waals surface area (Å²) in [5, 5.41) is 2.85. The summed E-state index contributed by atoms with van der Waals surface area (Å²) in [7, 11) is -2.61. The largest absolute Gasteiger partial charge is 0.492 e. The van der Waals surface area contributed by atoms with Crippen LogP contribution in [0.25, 0.3) is 0 Å². The van der Waals surface area contributed by atoms with Gasteiger partial charge >= 0.3 is 16.1 Å². The van der Waals surface area contributed by atoms with Crippen molar-refractivity contribution in [3.8, 4) is 11.5 Å². The molecule has 3 aromatic rings. The fourth-order valence-corrected chi connectivity index (χ4v) is 4.11. The summed E-state index contributed by atoms with van der Waals surface area (Å²) in [6.45, 7) is 3.07. The lowest BCUT2D eigenvalue weighted by Gasteiger charge is -2.24. The molecule has 0 saturated carbocycles. The highest BCUT2D eigenvalue weighted by Crippen LogP contribution is 2.25. The number of hydrogen-bond donors (Lipinski definition) is 1. The van der Waals surface area contributed by atoms with E-state index in [1.807, 2.05) is 13.0 Å². The van der Waals surface area contributed by atoms with E-state index in [2.05, 4.69) is 5.32 Å². The molecule has 35 heavy (non-hydrogen) atoms. The highest BCUT2D eigenvalue weighted by atomic mass is 32.2. The number of urea groups is 1. The quantitative estimate of drug-likeness (QED) is 0.383. The first kappa shape index (κ1) is 26.0. The molecule has 0 atom stereocenters. The van der Waals surface area contributed by atoms with E-state index in [0.29, 0.717) is 30.2 Å². The second-order valence-electron chi connectivity index (χ2n) is 7.41. The lowest BCUT2D eigenvalue weighted by molar-refractivity contribution is 0.152. The zero-order chi connectivity index (χ0) is 25.3. The van der Waals surface area contributed by atoms with Gasteiger partial charge in [0.1, 0.15) is 22.2 Å². The molecule has 0 aliphatic carbocycles. The van der Waals surface area contributed by atoms with Crippen LogP contribution in [0.15, 0.2) is 77.7 Å². The Hall–Kier alpha value is -3.63. The van der Waals surface area contributed by atoms with Gasteiger partial charge in [-0.1, -0.05) is 24.3 Å². The first-order valence-electron chi connectivity index (χ1n) is 10.9. The molecule has 0 aromatic heterocycles. The Morgan fingerprint density at radius 2 is 1.77 bits per heavy atom. The molecule has 3 rings (SSSR count). The second-order valence-corrected chi connectivity index (χ2v) is 8.96. The normalized spacial score (nSPS) is 11.1. The molecule has 0 aliphatic heterocycles. The zero-order valence-electron chi connectivity index (χ0n) is 19.4. The highest BCUT2D eigenvalue weighted by molar-refractivity contribution is 7.87. The number of amides is 2. The molecular weight excluding hydrogens is 475 g/mol. The number of nitrogens with one attached hydrogen (secondary N) is 1. The molecule has 1 N–H and O–H groups in total. The third-order valence-corrected chi connectivity index (χ3v) is 6.12. The Balaban J connectivity index is 1.76. The summed E-state index contributed by atoms with van der Waals surface area (Å²) in [6.07, 6.45) is 0. The summed E-state index contributed by atoms with van der Waals surface area (Å²) in [5.74, 6) is 0.0707. The Kier molecular flexibility index (Phi) is 9.04. The average Bonchev–Trinajstić information content (AvgIpc) is 2.83. The molecule has 0 spiro atoms. The Morgan fingerprint density at radius 1 is 1.03 bits per heavy atom. The van der Waals surface area contributed by atoms with Crippen LogP contribution < -0.4 is 14.2 Å². The molecule has 0 fully saturated rings. The maximum atomic E-state index is 13.1. The van der Waals surface area contributed by atoms with Crippen molar-refractivity contribution in [3.05, 3.63) is 84.2 Å². The summed E-state index contributed by atoms with van der Waals surface area (Å²) in [5.41, 5.74) is 1.17. The van der Waals surface area contributed by atoms with Crippen molar-refractivity contribution in [3.63, 3.8) is 0 Å². The summed E-state index contributed by atoms with van der Waals surface area (Å²) < 4.78 is 54.1. The average molecular weight is 503 g/mol. The van der Waals surface area contributed by atoms with E-state index in [-0.39, 0.29) is 29.8 Å². The number of carbonyl (C=O) groups excluding carboxylic acids is 1. The fraction of sp³-hybridized carbons (Fsp3) is 0.240. The molecular formula is C25H27FN2O6S. The van der Waals surface area contributed by atoms with Crippen LogP contribution in [0.2, 0.25) is 0 Å². The van der Waals surface area contributed by atoms with Gasteiger partial charge in [0.25, 0.3) is 0 Å². The van der Waals surface area contributed by atoms with Crippen molar-refractivity contribution in [1.82, 2.24) is 4.90 Å². The molecule has 2 amide bonds. The van der Waals surface area contributed by atoms with Crippen molar-refractivity contribution in [2.75, 3.05) is 32.2 Å². The number of carbonyl (C=O) groups is 1. The Labute approximate surface area is 204 Å². The van der Waals surface area contributed by atoms with Gasteiger partial charge in [0, 0.05) is 20.2 Å². The van der Waals surface area contributed by atoms with Gasteiger partial charge in [0.05, 0.1) is 18.9 Å². The maximum Gasteiger partial charge on any atom is 0.339 e. The predicted octanol–water partition coefficient (Wildman–Crippen LogP) is 4.67. The van der Waals surface area contributed by atoms with Crippen LogP contribution in [0.4, 0.5) is 14.9 Å². The van der Waals surface area contributed by atoms with E-state index in [4.69, 9.17) is 13.7 Å². The van der Waals surface area contributed by atoms with Gasteiger partial charge in [0.15, 0.2) is 0 Å². The van der Waals surface area contributed by atoms with Crippen molar-refractivity contribution >= 4 is 21.8 Å². The maximum absolute atomic E-state index is 13.1. The van der Waals surface area contributed by atoms with E-state index >= 15 is 0 Å². The molecule has 0 radical (unpaired) electrons. The molecule has 0 saturated heterocycles. The summed E-state index contributed by atoms with van der Waals surface area (Å²) >= 11 is 0. The van der Waals surface area contributed by atoms with Gasteiger partial charge in [-0.15, -0.1) is 0 Å². The van der Waals surface area contributed by atoms with Crippen LogP contribution in [0.3, 0.4) is 0 Å². The van der Waals surface area contributed by atoms with Crippen LogP contribution in [-0.2, 0) is 21.4 Å². The molecule has 0 bridgehead atoms. The van der Waals surface area contributed by atoms with Gasteiger partial charge in [0.2, 0.25) is 0 Å². The molecule has 0 heterocycles. The molecule has 0 unspecified atom stereocenters. The van der Waals surface area contributed by atoms with Gasteiger partial charge in [-0.05, 0) is 61.0 Å². The Bertz CT molecular complexity index is 1230. The van der Waals surface area contributed by atoms with Crippen LogP contribution in [0, 0.1) is 5.82 Å². The second kappa shape index (κ2) is 12.2. The van der Waals surface area contributed by atoms with Crippen molar-refractivity contribution in [2.24, 2.45) is 0 Å². The number of hydrogen-bond acceptors (Lipinski definition) is 6. The number of nitrogens with zero attached hydrogens (tertiary/aromatic N) is 1.